The maximum atomic E-state index is 12.9. The van der Waals surface area contributed by atoms with Gasteiger partial charge in [-0.05, 0) is 19.9 Å². The van der Waals surface area contributed by atoms with E-state index in [1.54, 1.807) is 13.8 Å². The molecule has 0 radical (unpaired) electrons. The first-order valence-electron chi connectivity index (χ1n) is 7.36. The molecule has 2 rings (SSSR count). The zero-order chi connectivity index (χ0) is 18.8. The maximum absolute atomic E-state index is 12.9. The molecule has 0 bridgehead atoms. The average molecular weight is 355 g/mol. The van der Waals surface area contributed by atoms with Crippen LogP contribution >= 0.6 is 0 Å². The van der Waals surface area contributed by atoms with Gasteiger partial charge in [0.25, 0.3) is 0 Å². The van der Waals surface area contributed by atoms with E-state index in [9.17, 15) is 22.8 Å². The molecule has 2 N–H and O–H groups in total. The average Bonchev–Trinajstić information content (AvgIpc) is 2.85. The molecule has 0 saturated carbocycles. The third-order valence-electron chi connectivity index (χ3n) is 3.54. The first-order chi connectivity index (χ1) is 11.7. The summed E-state index contributed by atoms with van der Waals surface area (Å²) in [6, 6.07) is 4.31. The molecule has 0 saturated heterocycles. The number of halogens is 3. The minimum Gasteiger partial charge on any atom is -0.454 e. The molecule has 0 fully saturated rings. The van der Waals surface area contributed by atoms with Crippen LogP contribution in [-0.4, -0.2) is 28.1 Å². The molecule has 0 aliphatic carbocycles. The van der Waals surface area contributed by atoms with E-state index in [0.717, 1.165) is 12.1 Å². The second-order valence-electron chi connectivity index (χ2n) is 5.20. The van der Waals surface area contributed by atoms with Gasteiger partial charge in [0.05, 0.1) is 11.3 Å². The van der Waals surface area contributed by atoms with Crippen LogP contribution in [0, 0.1) is 6.92 Å². The maximum Gasteiger partial charge on any atom is 0.417 e. The third-order valence-corrected chi connectivity index (χ3v) is 3.54. The number of ether oxygens (including phenoxy) is 1. The molecular formula is C16H16F3N3O3. The Morgan fingerprint density at radius 2 is 1.92 bits per heavy atom. The zero-order valence-corrected chi connectivity index (χ0v) is 13.6. The van der Waals surface area contributed by atoms with E-state index in [4.69, 9.17) is 10.5 Å². The lowest BCUT2D eigenvalue weighted by Gasteiger charge is -2.12. The standard InChI is InChI=1S/C16H16F3N3O3/c1-3-22-14(20)13(9(2)21-22)15(24)25-8-12(23)10-6-4-5-7-11(10)16(17,18)19/h4-7H,3,8,20H2,1-2H3. The van der Waals surface area contributed by atoms with Crippen LogP contribution in [-0.2, 0) is 17.5 Å². The summed E-state index contributed by atoms with van der Waals surface area (Å²) in [6.45, 7) is 2.91. The fourth-order valence-electron chi connectivity index (χ4n) is 2.35. The van der Waals surface area contributed by atoms with E-state index in [-0.39, 0.29) is 11.4 Å². The van der Waals surface area contributed by atoms with Gasteiger partial charge in [-0.15, -0.1) is 0 Å². The molecule has 0 spiro atoms. The number of alkyl halides is 3. The van der Waals surface area contributed by atoms with Crippen LogP contribution in [0.4, 0.5) is 19.0 Å². The number of anilines is 1. The summed E-state index contributed by atoms with van der Waals surface area (Å²) in [7, 11) is 0. The van der Waals surface area contributed by atoms with Crippen molar-refractivity contribution in [1.82, 2.24) is 9.78 Å². The Morgan fingerprint density at radius 3 is 2.48 bits per heavy atom. The van der Waals surface area contributed by atoms with E-state index in [2.05, 4.69) is 5.10 Å². The summed E-state index contributed by atoms with van der Waals surface area (Å²) in [5, 5.41) is 4.04. The molecule has 6 nitrogen and oxygen atoms in total. The van der Waals surface area contributed by atoms with Crippen LogP contribution in [0.1, 0.15) is 38.9 Å². The van der Waals surface area contributed by atoms with Gasteiger partial charge in [0.1, 0.15) is 11.4 Å². The number of esters is 1. The fraction of sp³-hybridized carbons (Fsp3) is 0.312. The van der Waals surface area contributed by atoms with Crippen LogP contribution in [0.25, 0.3) is 0 Å². The molecule has 1 heterocycles. The molecule has 0 atom stereocenters. The number of carbonyl (C=O) groups excluding carboxylic acids is 2. The number of Topliss-reactive ketones (excluding diaryl/α,β-unsaturated/α-hetero) is 1. The van der Waals surface area contributed by atoms with Crippen molar-refractivity contribution in [2.45, 2.75) is 26.6 Å². The highest BCUT2D eigenvalue weighted by molar-refractivity contribution is 6.01. The minimum atomic E-state index is -4.68. The summed E-state index contributed by atoms with van der Waals surface area (Å²) in [6.07, 6.45) is -4.68. The van der Waals surface area contributed by atoms with Gasteiger partial charge >= 0.3 is 12.1 Å². The molecule has 0 amide bonds. The lowest BCUT2D eigenvalue weighted by atomic mass is 10.0. The predicted molar refractivity (Wildman–Crippen MR) is 83.1 cm³/mol. The molecule has 1 aromatic heterocycles. The van der Waals surface area contributed by atoms with Crippen molar-refractivity contribution in [3.05, 3.63) is 46.6 Å². The number of nitrogens with zero attached hydrogens (tertiary/aromatic N) is 2. The lowest BCUT2D eigenvalue weighted by molar-refractivity contribution is -0.137. The van der Waals surface area contributed by atoms with Crippen molar-refractivity contribution in [3.63, 3.8) is 0 Å². The summed E-state index contributed by atoms with van der Waals surface area (Å²) < 4.78 is 45.0. The summed E-state index contributed by atoms with van der Waals surface area (Å²) in [5.41, 5.74) is 4.45. The van der Waals surface area contributed by atoms with Gasteiger partial charge in [0, 0.05) is 12.1 Å². The summed E-state index contributed by atoms with van der Waals surface area (Å²) in [4.78, 5) is 24.2. The van der Waals surface area contributed by atoms with E-state index >= 15 is 0 Å². The van der Waals surface area contributed by atoms with E-state index in [1.165, 1.54) is 16.8 Å². The number of nitrogens with two attached hydrogens (primary N) is 1. The molecule has 9 heteroatoms. The lowest BCUT2D eigenvalue weighted by Crippen LogP contribution is -2.19. The first-order valence-corrected chi connectivity index (χ1v) is 7.36. The van der Waals surface area contributed by atoms with Crippen molar-refractivity contribution in [1.29, 1.82) is 0 Å². The van der Waals surface area contributed by atoms with Crippen LogP contribution < -0.4 is 5.73 Å². The molecule has 25 heavy (non-hydrogen) atoms. The highest BCUT2D eigenvalue weighted by atomic mass is 19.4. The van der Waals surface area contributed by atoms with Crippen molar-refractivity contribution < 1.29 is 27.5 Å². The zero-order valence-electron chi connectivity index (χ0n) is 13.6. The van der Waals surface area contributed by atoms with Gasteiger partial charge in [0.15, 0.2) is 6.61 Å². The van der Waals surface area contributed by atoms with Crippen molar-refractivity contribution in [3.8, 4) is 0 Å². The molecule has 134 valence electrons. The van der Waals surface area contributed by atoms with Gasteiger partial charge < -0.3 is 10.5 Å². The number of rotatable bonds is 5. The number of aromatic nitrogens is 2. The highest BCUT2D eigenvalue weighted by Crippen LogP contribution is 2.32. The van der Waals surface area contributed by atoms with Gasteiger partial charge in [-0.2, -0.15) is 18.3 Å². The molecule has 0 unspecified atom stereocenters. The Hall–Kier alpha value is -2.84. The van der Waals surface area contributed by atoms with Crippen molar-refractivity contribution in [2.75, 3.05) is 12.3 Å². The largest absolute Gasteiger partial charge is 0.454 e. The Morgan fingerprint density at radius 1 is 1.28 bits per heavy atom. The van der Waals surface area contributed by atoms with Crippen LogP contribution in [0.15, 0.2) is 24.3 Å². The molecule has 0 aliphatic heterocycles. The van der Waals surface area contributed by atoms with Gasteiger partial charge in [-0.25, -0.2) is 9.48 Å². The Bertz CT molecular complexity index is 813. The second kappa shape index (κ2) is 6.96. The smallest absolute Gasteiger partial charge is 0.417 e. The first kappa shape index (κ1) is 18.5. The van der Waals surface area contributed by atoms with Crippen LogP contribution in [0.5, 0.6) is 0 Å². The number of aryl methyl sites for hydroxylation is 2. The number of ketones is 1. The number of hydrogen-bond acceptors (Lipinski definition) is 5. The van der Waals surface area contributed by atoms with Gasteiger partial charge in [-0.3, -0.25) is 4.79 Å². The van der Waals surface area contributed by atoms with Crippen LogP contribution in [0.3, 0.4) is 0 Å². The highest BCUT2D eigenvalue weighted by Gasteiger charge is 2.35. The van der Waals surface area contributed by atoms with E-state index < -0.39 is 35.7 Å². The third kappa shape index (κ3) is 3.81. The normalized spacial score (nSPS) is 11.4. The number of carbonyl (C=O) groups is 2. The Balaban J connectivity index is 2.16. The monoisotopic (exact) mass is 355 g/mol. The fourth-order valence-corrected chi connectivity index (χ4v) is 2.35. The molecule has 1 aromatic carbocycles. The topological polar surface area (TPSA) is 87.2 Å². The SMILES string of the molecule is CCn1nc(C)c(C(=O)OCC(=O)c2ccccc2C(F)(F)F)c1N. The Kier molecular flexibility index (Phi) is 5.15. The van der Waals surface area contributed by atoms with Gasteiger partial charge in [-0.1, -0.05) is 18.2 Å². The molecular weight excluding hydrogens is 339 g/mol. The van der Waals surface area contributed by atoms with Crippen molar-refractivity contribution in [2.24, 2.45) is 0 Å². The quantitative estimate of drug-likeness (QED) is 0.658. The van der Waals surface area contributed by atoms with Crippen LogP contribution in [0.2, 0.25) is 0 Å². The minimum absolute atomic E-state index is 0.00115. The Labute approximate surface area is 141 Å². The molecule has 2 aromatic rings. The predicted octanol–water partition coefficient (Wildman–Crippen LogP) is 2.85. The summed E-state index contributed by atoms with van der Waals surface area (Å²) >= 11 is 0. The summed E-state index contributed by atoms with van der Waals surface area (Å²) in [5.74, 6) is -1.79. The van der Waals surface area contributed by atoms with Crippen molar-refractivity contribution >= 4 is 17.6 Å². The van der Waals surface area contributed by atoms with E-state index in [1.807, 2.05) is 0 Å². The van der Waals surface area contributed by atoms with Gasteiger partial charge in [0.2, 0.25) is 5.78 Å². The second-order valence-corrected chi connectivity index (χ2v) is 5.20. The van der Waals surface area contributed by atoms with E-state index in [0.29, 0.717) is 12.2 Å². The number of benzene rings is 1. The molecule has 0 aliphatic rings. The number of nitrogen functional groups attached to an aromatic ring is 1. The number of hydrogen-bond donors (Lipinski definition) is 1.